The van der Waals surface area contributed by atoms with E-state index in [-0.39, 0.29) is 23.5 Å². The highest BCUT2D eigenvalue weighted by molar-refractivity contribution is 5.85. The third kappa shape index (κ3) is 6.23. The maximum Gasteiger partial charge on any atom is 0.220 e. The van der Waals surface area contributed by atoms with Crippen molar-refractivity contribution in [3.8, 4) is 0 Å². The molecule has 0 saturated carbocycles. The Bertz CT molecular complexity index is 215. The van der Waals surface area contributed by atoms with E-state index in [1.165, 1.54) is 0 Å². The number of nitrogens with one attached hydrogen (secondary N) is 2. The lowest BCUT2D eigenvalue weighted by Gasteiger charge is -2.17. The average molecular weight is 214 g/mol. The number of hydrogen-bond donors (Lipinski definition) is 2. The van der Waals surface area contributed by atoms with Crippen LogP contribution in [0.1, 0.15) is 27.2 Å². The molecule has 2 N–H and O–H groups in total. The van der Waals surface area contributed by atoms with Crippen LogP contribution in [0.15, 0.2) is 0 Å². The number of likely N-dealkylation sites (N-methyl/N-ethyl adjacent to an activating group) is 1. The molecule has 0 rings (SSSR count). The Kier molecular flexibility index (Phi) is 6.96. The van der Waals surface area contributed by atoms with Gasteiger partial charge in [0.1, 0.15) is 5.78 Å². The summed E-state index contributed by atoms with van der Waals surface area (Å²) in [6, 6.07) is 0. The van der Waals surface area contributed by atoms with Gasteiger partial charge >= 0.3 is 0 Å². The molecule has 0 fully saturated rings. The van der Waals surface area contributed by atoms with E-state index in [1.54, 1.807) is 6.92 Å². The lowest BCUT2D eigenvalue weighted by molar-refractivity contribution is -0.129. The van der Waals surface area contributed by atoms with Crippen LogP contribution < -0.4 is 10.6 Å². The van der Waals surface area contributed by atoms with Gasteiger partial charge in [0, 0.05) is 25.4 Å². The van der Waals surface area contributed by atoms with Gasteiger partial charge in [-0.2, -0.15) is 0 Å². The standard InChI is InChI=1S/C11H22N2O2/c1-8(2)10(9(3)14)7-11(15)13-6-5-12-4/h8,10,12H,5-7H2,1-4H3,(H,13,15). The first-order chi connectivity index (χ1) is 6.99. The number of carbonyl (C=O) groups excluding carboxylic acids is 2. The van der Waals surface area contributed by atoms with Crippen molar-refractivity contribution >= 4 is 11.7 Å². The van der Waals surface area contributed by atoms with Gasteiger partial charge in [0.05, 0.1) is 0 Å². The van der Waals surface area contributed by atoms with Crippen molar-refractivity contribution in [2.24, 2.45) is 11.8 Å². The topological polar surface area (TPSA) is 58.2 Å². The Labute approximate surface area is 91.8 Å². The molecular formula is C11H22N2O2. The molecule has 1 unspecified atom stereocenters. The number of carbonyl (C=O) groups is 2. The SMILES string of the molecule is CNCCNC(=O)CC(C(C)=O)C(C)C. The van der Waals surface area contributed by atoms with Gasteiger partial charge in [-0.05, 0) is 19.9 Å². The highest BCUT2D eigenvalue weighted by Crippen LogP contribution is 2.15. The van der Waals surface area contributed by atoms with Crippen LogP contribution in [-0.4, -0.2) is 31.8 Å². The van der Waals surface area contributed by atoms with E-state index in [4.69, 9.17) is 0 Å². The minimum Gasteiger partial charge on any atom is -0.355 e. The average Bonchev–Trinajstić information content (AvgIpc) is 2.13. The zero-order valence-corrected chi connectivity index (χ0v) is 10.1. The molecule has 4 nitrogen and oxygen atoms in total. The summed E-state index contributed by atoms with van der Waals surface area (Å²) in [5.41, 5.74) is 0. The predicted octanol–water partition coefficient (Wildman–Crippen LogP) is 0.573. The Morgan fingerprint density at radius 3 is 2.20 bits per heavy atom. The van der Waals surface area contributed by atoms with Gasteiger partial charge in [-0.1, -0.05) is 13.8 Å². The number of amides is 1. The zero-order valence-electron chi connectivity index (χ0n) is 10.1. The van der Waals surface area contributed by atoms with Crippen molar-refractivity contribution in [3.05, 3.63) is 0 Å². The number of rotatable bonds is 7. The van der Waals surface area contributed by atoms with Gasteiger partial charge in [0.15, 0.2) is 0 Å². The third-order valence-corrected chi connectivity index (χ3v) is 2.43. The molecule has 1 amide bonds. The number of Topliss-reactive ketones (excluding diaryl/α,β-unsaturated/α-hetero) is 1. The number of ketones is 1. The Balaban J connectivity index is 3.95. The lowest BCUT2D eigenvalue weighted by Crippen LogP contribution is -2.33. The first-order valence-corrected chi connectivity index (χ1v) is 5.40. The first-order valence-electron chi connectivity index (χ1n) is 5.40. The van der Waals surface area contributed by atoms with Gasteiger partial charge in [0.2, 0.25) is 5.91 Å². The molecule has 0 aromatic heterocycles. The molecule has 1 atom stereocenters. The van der Waals surface area contributed by atoms with E-state index in [2.05, 4.69) is 10.6 Å². The smallest absolute Gasteiger partial charge is 0.220 e. The fourth-order valence-electron chi connectivity index (χ4n) is 1.45. The van der Waals surface area contributed by atoms with Gasteiger partial charge < -0.3 is 10.6 Å². The highest BCUT2D eigenvalue weighted by Gasteiger charge is 2.21. The Morgan fingerprint density at radius 1 is 1.20 bits per heavy atom. The second-order valence-electron chi connectivity index (χ2n) is 4.12. The second-order valence-corrected chi connectivity index (χ2v) is 4.12. The van der Waals surface area contributed by atoms with E-state index >= 15 is 0 Å². The number of hydrogen-bond acceptors (Lipinski definition) is 3. The summed E-state index contributed by atoms with van der Waals surface area (Å²) in [5.74, 6) is 0.116. The fourth-order valence-corrected chi connectivity index (χ4v) is 1.45. The lowest BCUT2D eigenvalue weighted by atomic mass is 9.89. The largest absolute Gasteiger partial charge is 0.355 e. The van der Waals surface area contributed by atoms with Gasteiger partial charge in [-0.3, -0.25) is 9.59 Å². The van der Waals surface area contributed by atoms with Crippen molar-refractivity contribution in [2.75, 3.05) is 20.1 Å². The van der Waals surface area contributed by atoms with Crippen molar-refractivity contribution < 1.29 is 9.59 Å². The molecule has 0 saturated heterocycles. The molecule has 4 heteroatoms. The van der Waals surface area contributed by atoms with Gasteiger partial charge in [-0.15, -0.1) is 0 Å². The van der Waals surface area contributed by atoms with Crippen LogP contribution >= 0.6 is 0 Å². The Morgan fingerprint density at radius 2 is 1.80 bits per heavy atom. The maximum absolute atomic E-state index is 11.4. The predicted molar refractivity (Wildman–Crippen MR) is 60.6 cm³/mol. The summed E-state index contributed by atoms with van der Waals surface area (Å²) in [4.78, 5) is 22.7. The molecule has 0 aromatic rings. The molecule has 0 spiro atoms. The normalized spacial score (nSPS) is 12.6. The van der Waals surface area contributed by atoms with Crippen molar-refractivity contribution in [2.45, 2.75) is 27.2 Å². The summed E-state index contributed by atoms with van der Waals surface area (Å²) < 4.78 is 0. The van der Waals surface area contributed by atoms with Crippen molar-refractivity contribution in [3.63, 3.8) is 0 Å². The summed E-state index contributed by atoms with van der Waals surface area (Å²) in [5, 5.41) is 5.71. The molecule has 0 radical (unpaired) electrons. The van der Waals surface area contributed by atoms with Crippen LogP contribution in [0.3, 0.4) is 0 Å². The third-order valence-electron chi connectivity index (χ3n) is 2.43. The molecule has 0 aliphatic heterocycles. The summed E-state index contributed by atoms with van der Waals surface area (Å²) in [7, 11) is 1.83. The van der Waals surface area contributed by atoms with E-state index in [9.17, 15) is 9.59 Å². The minimum absolute atomic E-state index is 0.0425. The van der Waals surface area contributed by atoms with Crippen LogP contribution in [0.5, 0.6) is 0 Å². The van der Waals surface area contributed by atoms with E-state index < -0.39 is 0 Å². The van der Waals surface area contributed by atoms with Crippen LogP contribution in [-0.2, 0) is 9.59 Å². The summed E-state index contributed by atoms with van der Waals surface area (Å²) in [6.45, 7) is 6.83. The van der Waals surface area contributed by atoms with Crippen molar-refractivity contribution in [1.82, 2.24) is 10.6 Å². The first kappa shape index (κ1) is 14.1. The molecule has 0 heterocycles. The highest BCUT2D eigenvalue weighted by atomic mass is 16.2. The molecule has 0 aliphatic rings. The van der Waals surface area contributed by atoms with Gasteiger partial charge in [0.25, 0.3) is 0 Å². The van der Waals surface area contributed by atoms with Crippen LogP contribution in [0.25, 0.3) is 0 Å². The summed E-state index contributed by atoms with van der Waals surface area (Å²) >= 11 is 0. The monoisotopic (exact) mass is 214 g/mol. The second kappa shape index (κ2) is 7.40. The van der Waals surface area contributed by atoms with Crippen molar-refractivity contribution in [1.29, 1.82) is 0 Å². The molecule has 0 aliphatic carbocycles. The van der Waals surface area contributed by atoms with E-state index in [1.807, 2.05) is 20.9 Å². The van der Waals surface area contributed by atoms with Gasteiger partial charge in [-0.25, -0.2) is 0 Å². The zero-order chi connectivity index (χ0) is 11.8. The van der Waals surface area contributed by atoms with Crippen LogP contribution in [0, 0.1) is 11.8 Å². The van der Waals surface area contributed by atoms with E-state index in [0.717, 1.165) is 6.54 Å². The molecule has 15 heavy (non-hydrogen) atoms. The quantitative estimate of drug-likeness (QED) is 0.609. The molecular weight excluding hydrogens is 192 g/mol. The Hall–Kier alpha value is -0.900. The van der Waals surface area contributed by atoms with Crippen LogP contribution in [0.4, 0.5) is 0 Å². The maximum atomic E-state index is 11.4. The van der Waals surface area contributed by atoms with Crippen LogP contribution in [0.2, 0.25) is 0 Å². The molecule has 88 valence electrons. The van der Waals surface area contributed by atoms with E-state index in [0.29, 0.717) is 13.0 Å². The molecule has 0 aromatic carbocycles. The summed E-state index contributed by atoms with van der Waals surface area (Å²) in [6.07, 6.45) is 0.302. The molecule has 0 bridgehead atoms. The fraction of sp³-hybridized carbons (Fsp3) is 0.818. The minimum atomic E-state index is -0.153.